The summed E-state index contributed by atoms with van der Waals surface area (Å²) < 4.78 is 1.50. The van der Waals surface area contributed by atoms with Gasteiger partial charge < -0.3 is 0 Å². The van der Waals surface area contributed by atoms with Crippen molar-refractivity contribution in [2.24, 2.45) is 0 Å². The van der Waals surface area contributed by atoms with Crippen LogP contribution in [-0.2, 0) is 0 Å². The Morgan fingerprint density at radius 1 is 0.600 bits per heavy atom. The van der Waals surface area contributed by atoms with Gasteiger partial charge in [-0.15, -0.1) is 12.4 Å². The van der Waals surface area contributed by atoms with E-state index < -0.39 is 0 Å². The standard InChI is InChI=1S/C18H35.ClH.Na/c1-3-5-7-9-11-13-15-17-18-16-14-12-10-8-6-4-2;;/h17-18H,1,3-16H2,2H3;1H;/b18-17-;;. The second-order valence-electron chi connectivity index (χ2n) is 5.94. The van der Waals surface area contributed by atoms with E-state index >= 15 is 0 Å². The largest absolute Gasteiger partial charge is 0.147 e. The third kappa shape index (κ3) is 21.3. The van der Waals surface area contributed by atoms with Gasteiger partial charge in [0.2, 0.25) is 0 Å². The summed E-state index contributed by atoms with van der Waals surface area (Å²) in [7, 11) is 0. The van der Waals surface area contributed by atoms with E-state index in [2.05, 4.69) is 19.1 Å². The summed E-state index contributed by atoms with van der Waals surface area (Å²) in [5.41, 5.74) is 0. The molecule has 0 aliphatic rings. The van der Waals surface area contributed by atoms with Crippen LogP contribution in [0, 0.1) is 0 Å². The van der Waals surface area contributed by atoms with Crippen LogP contribution in [0.2, 0.25) is 3.67 Å². The second-order valence-corrected chi connectivity index (χ2v) is 6.94. The van der Waals surface area contributed by atoms with Gasteiger partial charge in [0.15, 0.2) is 0 Å². The minimum absolute atomic E-state index is 0. The third-order valence-electron chi connectivity index (χ3n) is 3.87. The molecule has 0 rings (SSSR count). The molecule has 0 amide bonds. The molecule has 0 saturated carbocycles. The van der Waals surface area contributed by atoms with Gasteiger partial charge >= 0.3 is 102 Å². The zero-order valence-corrected chi connectivity index (χ0v) is 17.0. The molecule has 0 aromatic rings. The number of unbranched alkanes of at least 4 members (excludes halogenated alkanes) is 12. The van der Waals surface area contributed by atoms with Crippen molar-refractivity contribution < 1.29 is 0 Å². The van der Waals surface area contributed by atoms with Gasteiger partial charge in [-0.3, -0.25) is 0 Å². The first-order valence-electron chi connectivity index (χ1n) is 9.06. The van der Waals surface area contributed by atoms with Gasteiger partial charge in [-0.05, 0) is 0 Å². The fourth-order valence-electron chi connectivity index (χ4n) is 2.50. The van der Waals surface area contributed by atoms with Crippen LogP contribution in [0.1, 0.15) is 96.8 Å². The normalized spacial score (nSPS) is 10.9. The molecule has 0 aromatic heterocycles. The molecule has 0 unspecified atom stereocenters. The van der Waals surface area contributed by atoms with Crippen LogP contribution in [0.3, 0.4) is 0 Å². The Morgan fingerprint density at radius 3 is 1.45 bits per heavy atom. The van der Waals surface area contributed by atoms with Crippen LogP contribution in [0.15, 0.2) is 12.2 Å². The smallest absolute Gasteiger partial charge is 0.147 e. The number of hydrogen-bond acceptors (Lipinski definition) is 0. The average Bonchev–Trinajstić information content (AvgIpc) is 2.43. The van der Waals surface area contributed by atoms with Crippen molar-refractivity contribution in [2.45, 2.75) is 100 Å². The summed E-state index contributed by atoms with van der Waals surface area (Å²) in [5, 5.41) is 0. The maximum Gasteiger partial charge on any atom is -0.147 e. The topological polar surface area (TPSA) is 0 Å². The SMILES string of the molecule is CCCCCCCC/C=C\CCCCCCC[CH2][Na].Cl. The summed E-state index contributed by atoms with van der Waals surface area (Å²) in [5.74, 6) is 0. The first kappa shape index (κ1) is 23.3. The molecule has 116 valence electrons. The predicted octanol–water partition coefficient (Wildman–Crippen LogP) is 7.03. The monoisotopic (exact) mass is 310 g/mol. The zero-order chi connectivity index (χ0) is 14.0. The van der Waals surface area contributed by atoms with E-state index in [1.54, 1.807) is 0 Å². The van der Waals surface area contributed by atoms with E-state index in [4.69, 9.17) is 0 Å². The van der Waals surface area contributed by atoms with E-state index in [9.17, 15) is 0 Å². The molecule has 0 spiro atoms. The minimum Gasteiger partial charge on any atom is -0.147 e. The van der Waals surface area contributed by atoms with Crippen LogP contribution < -0.4 is 0 Å². The molecule has 0 bridgehead atoms. The Morgan fingerprint density at radius 2 is 1.00 bits per heavy atom. The summed E-state index contributed by atoms with van der Waals surface area (Å²) in [6.07, 6.45) is 24.8. The minimum atomic E-state index is 0. The van der Waals surface area contributed by atoms with Gasteiger partial charge in [-0.1, -0.05) is 39.0 Å². The molecule has 0 aromatic carbocycles. The first-order chi connectivity index (χ1) is 9.41. The molecule has 0 aliphatic heterocycles. The number of rotatable bonds is 15. The van der Waals surface area contributed by atoms with E-state index in [-0.39, 0.29) is 12.4 Å². The van der Waals surface area contributed by atoms with Crippen LogP contribution in [0.5, 0.6) is 0 Å². The molecule has 0 saturated heterocycles. The van der Waals surface area contributed by atoms with E-state index in [0.29, 0.717) is 0 Å². The van der Waals surface area contributed by atoms with Gasteiger partial charge in [0, 0.05) is 0 Å². The van der Waals surface area contributed by atoms with Crippen molar-refractivity contribution in [3.63, 3.8) is 0 Å². The summed E-state index contributed by atoms with van der Waals surface area (Å²) in [4.78, 5) is 0. The fraction of sp³-hybridized carbons (Fsp3) is 0.889. The molecular formula is C18H36ClNa. The Kier molecular flexibility index (Phi) is 26.0. The molecule has 20 heavy (non-hydrogen) atoms. The molecule has 0 radical (unpaired) electrons. The Hall–Kier alpha value is 1.03. The van der Waals surface area contributed by atoms with Crippen molar-refractivity contribution >= 4 is 40.3 Å². The molecule has 0 nitrogen and oxygen atoms in total. The Labute approximate surface area is 152 Å². The van der Waals surface area contributed by atoms with E-state index in [1.165, 1.54) is 121 Å². The zero-order valence-electron chi connectivity index (χ0n) is 14.2. The van der Waals surface area contributed by atoms with Crippen LogP contribution in [0.4, 0.5) is 0 Å². The van der Waals surface area contributed by atoms with Gasteiger partial charge in [-0.25, -0.2) is 0 Å². The van der Waals surface area contributed by atoms with Crippen molar-refractivity contribution in [1.29, 1.82) is 0 Å². The molecule has 2 heteroatoms. The van der Waals surface area contributed by atoms with Crippen molar-refractivity contribution in [3.8, 4) is 0 Å². The van der Waals surface area contributed by atoms with Crippen molar-refractivity contribution in [1.82, 2.24) is 0 Å². The molecular weight excluding hydrogens is 275 g/mol. The van der Waals surface area contributed by atoms with Gasteiger partial charge in [-0.2, -0.15) is 0 Å². The van der Waals surface area contributed by atoms with Gasteiger partial charge in [0.25, 0.3) is 0 Å². The third-order valence-corrected chi connectivity index (χ3v) is 4.57. The van der Waals surface area contributed by atoms with Gasteiger partial charge in [0.1, 0.15) is 0 Å². The second kappa shape index (κ2) is 22.3. The number of halogens is 1. The average molecular weight is 311 g/mol. The maximum atomic E-state index is 2.42. The summed E-state index contributed by atoms with van der Waals surface area (Å²) in [6, 6.07) is 0. The maximum absolute atomic E-state index is 2.42. The van der Waals surface area contributed by atoms with Crippen LogP contribution in [-0.4, -0.2) is 27.9 Å². The molecule has 0 aliphatic carbocycles. The van der Waals surface area contributed by atoms with Crippen molar-refractivity contribution in [2.75, 3.05) is 0 Å². The fourth-order valence-corrected chi connectivity index (χ4v) is 3.00. The number of allylic oxidation sites excluding steroid dienone is 2. The van der Waals surface area contributed by atoms with E-state index in [0.717, 1.165) is 0 Å². The van der Waals surface area contributed by atoms with Crippen LogP contribution in [0.25, 0.3) is 0 Å². The molecule has 0 heterocycles. The van der Waals surface area contributed by atoms with Crippen molar-refractivity contribution in [3.05, 3.63) is 12.2 Å². The summed E-state index contributed by atoms with van der Waals surface area (Å²) >= 11 is 1.40. The number of hydrogen-bond donors (Lipinski definition) is 0. The molecule has 0 fully saturated rings. The summed E-state index contributed by atoms with van der Waals surface area (Å²) in [6.45, 7) is 2.29. The Bertz CT molecular complexity index is 180. The van der Waals surface area contributed by atoms with E-state index in [1.807, 2.05) is 0 Å². The quantitative estimate of drug-likeness (QED) is 0.173. The Balaban J connectivity index is 0. The first-order valence-corrected chi connectivity index (χ1v) is 10.5. The predicted molar refractivity (Wildman–Crippen MR) is 97.3 cm³/mol. The van der Waals surface area contributed by atoms with Crippen LogP contribution >= 0.6 is 12.4 Å². The molecule has 0 N–H and O–H groups in total. The van der Waals surface area contributed by atoms with Gasteiger partial charge in [0.05, 0.1) is 0 Å². The molecule has 0 atom stereocenters.